The smallest absolute Gasteiger partial charge is 0.316 e. The van der Waals surface area contributed by atoms with E-state index in [0.717, 1.165) is 31.3 Å². The van der Waals surface area contributed by atoms with Crippen LogP contribution in [0.5, 0.6) is 0 Å². The van der Waals surface area contributed by atoms with Crippen molar-refractivity contribution in [3.8, 4) is 0 Å². The molecule has 6 unspecified atom stereocenters. The van der Waals surface area contributed by atoms with Gasteiger partial charge >= 0.3 is 5.97 Å². The third-order valence-corrected chi connectivity index (χ3v) is 24.9. The molecule has 32 heteroatoms. The minimum Gasteiger partial charge on any atom is -0.459 e. The summed E-state index contributed by atoms with van der Waals surface area (Å²) in [6.45, 7) is 12.6. The van der Waals surface area contributed by atoms with E-state index < -0.39 is 251 Å². The molecule has 38 atom stereocenters. The van der Waals surface area contributed by atoms with Crippen LogP contribution in [0.2, 0.25) is 0 Å². The summed E-state index contributed by atoms with van der Waals surface area (Å²) in [7, 11) is 2.36. The van der Waals surface area contributed by atoms with Crippen molar-refractivity contribution in [3.05, 3.63) is 11.6 Å². The molecule has 16 N–H and O–H groups in total. The molecule has 32 nitrogen and oxygen atoms in total. The van der Waals surface area contributed by atoms with Crippen LogP contribution in [0.1, 0.15) is 113 Å². The molecular formula is C67H110O32. The maximum atomic E-state index is 14.6. The van der Waals surface area contributed by atoms with E-state index >= 15 is 0 Å². The van der Waals surface area contributed by atoms with E-state index in [1.807, 2.05) is 13.0 Å². The first-order chi connectivity index (χ1) is 46.8. The Balaban J connectivity index is 0.839. The molecule has 3 saturated carbocycles. The first-order valence-electron chi connectivity index (χ1n) is 35.2. The van der Waals surface area contributed by atoms with Gasteiger partial charge in [-0.05, 0) is 99.2 Å². The lowest BCUT2D eigenvalue weighted by atomic mass is 9.40. The molecule has 0 aromatic carbocycles. The summed E-state index contributed by atoms with van der Waals surface area (Å²) in [5.41, 5.74) is -2.51. The van der Waals surface area contributed by atoms with Crippen LogP contribution in [0.15, 0.2) is 11.6 Å². The van der Waals surface area contributed by atoms with Crippen LogP contribution in [0.4, 0.5) is 0 Å². The van der Waals surface area contributed by atoms with Crippen molar-refractivity contribution < 1.29 is 158 Å². The number of aliphatic hydroxyl groups excluding tert-OH is 16. The Hall–Kier alpha value is -1.99. The third-order valence-electron chi connectivity index (χ3n) is 24.9. The Morgan fingerprint density at radius 2 is 0.980 bits per heavy atom. The monoisotopic (exact) mass is 1430 g/mol. The quantitative estimate of drug-likeness (QED) is 0.0279. The molecule has 0 bridgehead atoms. The highest BCUT2D eigenvalue weighted by molar-refractivity contribution is 5.84. The normalized spacial score (nSPS) is 52.9. The van der Waals surface area contributed by atoms with Gasteiger partial charge in [-0.15, -0.1) is 0 Å². The van der Waals surface area contributed by atoms with E-state index in [1.165, 1.54) is 21.1 Å². The van der Waals surface area contributed by atoms with Gasteiger partial charge in [0.2, 0.25) is 0 Å². The summed E-state index contributed by atoms with van der Waals surface area (Å²) >= 11 is 0. The zero-order chi connectivity index (χ0) is 72.1. The van der Waals surface area contributed by atoms with Crippen molar-refractivity contribution in [1.82, 2.24) is 0 Å². The highest BCUT2D eigenvalue weighted by atomic mass is 16.8. The number of aliphatic hydroxyl groups is 16. The van der Waals surface area contributed by atoms with Crippen molar-refractivity contribution in [2.45, 2.75) is 309 Å². The van der Waals surface area contributed by atoms with E-state index in [1.54, 1.807) is 0 Å². The van der Waals surface area contributed by atoms with Gasteiger partial charge in [0.1, 0.15) is 145 Å². The zero-order valence-corrected chi connectivity index (χ0v) is 57.9. The highest BCUT2D eigenvalue weighted by Crippen LogP contribution is 2.76. The Kier molecular flexibility index (Phi) is 23.9. The predicted molar refractivity (Wildman–Crippen MR) is 332 cm³/mol. The fraction of sp³-hybridized carbons (Fsp3) is 0.955. The summed E-state index contributed by atoms with van der Waals surface area (Å²) in [6, 6.07) is 0. The Bertz CT molecular complexity index is 2740. The molecule has 11 aliphatic rings. The Morgan fingerprint density at radius 1 is 0.505 bits per heavy atom. The van der Waals surface area contributed by atoms with E-state index in [9.17, 15) is 86.5 Å². The summed E-state index contributed by atoms with van der Waals surface area (Å²) in [6.07, 6.45) is -42.5. The second-order valence-corrected chi connectivity index (χ2v) is 31.2. The molecule has 99 heavy (non-hydrogen) atoms. The fourth-order valence-electron chi connectivity index (χ4n) is 19.4. The summed E-state index contributed by atoms with van der Waals surface area (Å²) in [5.74, 6) is -0.129. The van der Waals surface area contributed by atoms with Crippen molar-refractivity contribution in [2.24, 2.45) is 45.3 Å². The van der Waals surface area contributed by atoms with Crippen LogP contribution < -0.4 is 0 Å². The molecule has 0 radical (unpaired) electrons. The topological polar surface area (TPSA) is 479 Å². The zero-order valence-electron chi connectivity index (χ0n) is 57.9. The summed E-state index contributed by atoms with van der Waals surface area (Å²) in [4.78, 5) is 14.6. The van der Waals surface area contributed by atoms with E-state index in [-0.39, 0.29) is 23.7 Å². The van der Waals surface area contributed by atoms with Gasteiger partial charge in [0.05, 0.1) is 51.3 Å². The number of cyclic esters (lactones) is 1. The number of fused-ring (bicyclic) bond motifs is 4. The van der Waals surface area contributed by atoms with E-state index in [2.05, 4.69) is 41.5 Å². The molecule has 0 aromatic heterocycles. The van der Waals surface area contributed by atoms with Gasteiger partial charge in [-0.2, -0.15) is 0 Å². The number of carbonyl (C=O) groups is 1. The van der Waals surface area contributed by atoms with Gasteiger partial charge in [0.15, 0.2) is 37.7 Å². The van der Waals surface area contributed by atoms with Gasteiger partial charge in [-0.1, -0.05) is 59.6 Å². The molecule has 7 saturated heterocycles. The van der Waals surface area contributed by atoms with Crippen LogP contribution in [0.25, 0.3) is 0 Å². The van der Waals surface area contributed by atoms with Crippen LogP contribution in [-0.2, 0) is 75.8 Å². The van der Waals surface area contributed by atoms with Crippen LogP contribution in [0, 0.1) is 45.3 Å². The molecule has 0 aromatic rings. The minimum absolute atomic E-state index is 0.0371. The lowest BCUT2D eigenvalue weighted by Gasteiger charge is -2.64. The number of hydrogen-bond acceptors (Lipinski definition) is 32. The lowest BCUT2D eigenvalue weighted by Crippen LogP contribution is -2.67. The second kappa shape index (κ2) is 30.3. The van der Waals surface area contributed by atoms with E-state index in [4.69, 9.17) is 71.1 Å². The molecule has 11 rings (SSSR count). The van der Waals surface area contributed by atoms with Gasteiger partial charge in [0, 0.05) is 20.1 Å². The average molecular weight is 1430 g/mol. The Labute approximate surface area is 575 Å². The van der Waals surface area contributed by atoms with Crippen molar-refractivity contribution >= 4 is 5.97 Å². The molecule has 1 spiro atoms. The number of esters is 1. The third kappa shape index (κ3) is 13.5. The van der Waals surface area contributed by atoms with Crippen molar-refractivity contribution in [1.29, 1.82) is 0 Å². The summed E-state index contributed by atoms with van der Waals surface area (Å²) < 4.78 is 90.2. The first kappa shape index (κ1) is 78.1. The fourth-order valence-corrected chi connectivity index (χ4v) is 19.4. The second-order valence-electron chi connectivity index (χ2n) is 31.2. The van der Waals surface area contributed by atoms with Crippen LogP contribution in [0.3, 0.4) is 0 Å². The van der Waals surface area contributed by atoms with Gasteiger partial charge in [0.25, 0.3) is 0 Å². The van der Waals surface area contributed by atoms with Gasteiger partial charge < -0.3 is 153 Å². The lowest BCUT2D eigenvalue weighted by molar-refractivity contribution is -0.397. The number of methoxy groups -OCH3 is 2. The number of rotatable bonds is 22. The van der Waals surface area contributed by atoms with Crippen LogP contribution >= 0.6 is 0 Å². The molecule has 7 heterocycles. The maximum Gasteiger partial charge on any atom is 0.316 e. The molecule has 570 valence electrons. The Morgan fingerprint density at radius 3 is 1.48 bits per heavy atom. The van der Waals surface area contributed by atoms with Gasteiger partial charge in [-0.3, -0.25) is 4.79 Å². The number of carbonyl (C=O) groups excluding carboxylic acids is 1. The molecule has 10 fully saturated rings. The van der Waals surface area contributed by atoms with Crippen molar-refractivity contribution in [2.75, 3.05) is 47.3 Å². The first-order valence-corrected chi connectivity index (χ1v) is 35.2. The molecule has 0 amide bonds. The van der Waals surface area contributed by atoms with E-state index in [0.29, 0.717) is 38.0 Å². The molecular weight excluding hydrogens is 1320 g/mol. The SMILES string of the molecule is COC1[C@@H](O)C(OC2[C@@H](O)[C@H](O[C@H]3[C@H](O)[C@@H](O)[C@H](O[C@H]4[C@H](O[C@H]5CC[C@]6(C)C7=C[C@H](O)[C@]89C(=O)O[C@@](C)(CCCC(C)C)[C@H]8CC[C@@]9(C)C7CCC6C5(C)C)OC[C@@H](O[C@@H]5O[C@H](CO)[C@@H](O)[C@H](OC6O[C@H](CO)[C@@H](O)[C@H](OC)[C@H]6O)[C@H]5O)[C@@H]4O)O[C@@H]3C)O[C@H](CO)[C@H]2O)O[C@H](CO)[C@H]1O. The largest absolute Gasteiger partial charge is 0.459 e. The molecule has 4 aliphatic carbocycles. The maximum absolute atomic E-state index is 14.6. The molecule has 7 aliphatic heterocycles. The van der Waals surface area contributed by atoms with Crippen LogP contribution in [-0.4, -0.2) is 331 Å². The predicted octanol–water partition coefficient (Wildman–Crippen LogP) is -4.03. The minimum atomic E-state index is -2.08. The number of hydrogen-bond donors (Lipinski definition) is 16. The number of ether oxygens (including phenoxy) is 15. The standard InChI is InChI=1S/C67H110O32/c1-26(2)12-11-17-66(8)36-15-19-65(7)28-13-14-35-63(4,5)38(16-18-64(35,6)29(28)20-37(72)67(36,65)62(84)99-66)94-61-55(43(77)34(25-87-61)93-57-48(82)53(41(75)32(23-70)89-57)96-58-46(80)51(85-9)39(73)30(21-68)90-58)98-56-45(79)44(78)50(27(3)88-56)95-60-49(83)54(42(76)33(24-71)92-60)97-59-47(81)52(86-10)40(74)31(22-69)91-59/h20,26-28,30-61,68-83H,11-19,21-25H2,1-10H3/t27-,28?,30-,31-,32-,33-,34-,35?,36-,37+,38+,39-,40-,41-,42-,43+,44-,45-,46-,47-,48-,49-,50-,51+,52?,53+,54?,55-,56+,57+,58?,59?,60+,61+,64-,65+,66+,67+/m1/s1. The van der Waals surface area contributed by atoms with Gasteiger partial charge in [-0.25, -0.2) is 0 Å². The number of allylic oxidation sites excluding steroid dienone is 1. The summed E-state index contributed by atoms with van der Waals surface area (Å²) in [5, 5.41) is 180. The average Bonchev–Trinajstić information content (AvgIpc) is 1.53. The van der Waals surface area contributed by atoms with Crippen molar-refractivity contribution in [3.63, 3.8) is 0 Å². The highest BCUT2D eigenvalue weighted by Gasteiger charge is 2.79.